The van der Waals surface area contributed by atoms with Gasteiger partial charge < -0.3 is 14.5 Å². The van der Waals surface area contributed by atoms with Crippen LogP contribution in [0.4, 0.5) is 0 Å². The number of piperidine rings is 1. The highest BCUT2D eigenvalue weighted by molar-refractivity contribution is 5.77. The van der Waals surface area contributed by atoms with E-state index in [1.165, 1.54) is 50.8 Å². The molecule has 1 unspecified atom stereocenters. The number of nitrogens with zero attached hydrogens (tertiary/aromatic N) is 2. The van der Waals surface area contributed by atoms with Crippen molar-refractivity contribution in [3.05, 3.63) is 29.8 Å². The molecule has 0 aliphatic carbocycles. The molecule has 1 aromatic carbocycles. The van der Waals surface area contributed by atoms with Crippen LogP contribution < -0.4 is 4.74 Å². The predicted octanol–water partition coefficient (Wildman–Crippen LogP) is 4.13. The van der Waals surface area contributed by atoms with E-state index in [0.29, 0.717) is 18.4 Å². The normalized spacial score (nSPS) is 22.4. The Morgan fingerprint density at radius 3 is 2.48 bits per heavy atom. The molecule has 2 aliphatic rings. The van der Waals surface area contributed by atoms with Crippen LogP contribution >= 0.6 is 0 Å². The van der Waals surface area contributed by atoms with E-state index >= 15 is 0 Å². The van der Waals surface area contributed by atoms with E-state index in [-0.39, 0.29) is 0 Å². The molecule has 1 atom stereocenters. The van der Waals surface area contributed by atoms with Crippen LogP contribution in [0.15, 0.2) is 24.3 Å². The topological polar surface area (TPSA) is 32.8 Å². The van der Waals surface area contributed by atoms with Crippen molar-refractivity contribution in [2.75, 3.05) is 33.3 Å². The third-order valence-corrected chi connectivity index (χ3v) is 6.33. The lowest BCUT2D eigenvalue weighted by Gasteiger charge is -2.37. The first kappa shape index (κ1) is 20.2. The summed E-state index contributed by atoms with van der Waals surface area (Å²) < 4.78 is 5.22. The molecular formula is C23H36N2O2. The van der Waals surface area contributed by atoms with E-state index in [1.54, 1.807) is 7.11 Å². The Labute approximate surface area is 164 Å². The van der Waals surface area contributed by atoms with E-state index in [9.17, 15) is 4.79 Å². The lowest BCUT2D eigenvalue weighted by Crippen LogP contribution is -2.48. The summed E-state index contributed by atoms with van der Waals surface area (Å²) in [6.45, 7) is 6.77. The summed E-state index contributed by atoms with van der Waals surface area (Å²) in [6.07, 6.45) is 8.87. The molecule has 2 aliphatic heterocycles. The van der Waals surface area contributed by atoms with Crippen molar-refractivity contribution in [1.29, 1.82) is 0 Å². The third-order valence-electron chi connectivity index (χ3n) is 6.33. The van der Waals surface area contributed by atoms with Crippen molar-refractivity contribution in [3.63, 3.8) is 0 Å². The summed E-state index contributed by atoms with van der Waals surface area (Å²) in [7, 11) is 1.68. The second kappa shape index (κ2) is 10.1. The van der Waals surface area contributed by atoms with Gasteiger partial charge in [-0.15, -0.1) is 0 Å². The van der Waals surface area contributed by atoms with E-state index in [2.05, 4.69) is 28.9 Å². The SMILES string of the molecule is COc1ccc(CCC(=O)N2CCCCCC2CN2CCC(C)CC2)cc1. The van der Waals surface area contributed by atoms with Crippen molar-refractivity contribution in [2.45, 2.75) is 64.3 Å². The fraction of sp³-hybridized carbons (Fsp3) is 0.696. The average molecular weight is 373 g/mol. The number of likely N-dealkylation sites (tertiary alicyclic amines) is 2. The molecule has 3 rings (SSSR count). The van der Waals surface area contributed by atoms with Gasteiger partial charge in [0.05, 0.1) is 7.11 Å². The number of rotatable bonds is 6. The van der Waals surface area contributed by atoms with Crippen LogP contribution in [-0.2, 0) is 11.2 Å². The maximum atomic E-state index is 13.0. The second-order valence-corrected chi connectivity index (χ2v) is 8.42. The number of carbonyl (C=O) groups excluding carboxylic acids is 1. The van der Waals surface area contributed by atoms with Crippen LogP contribution in [0, 0.1) is 5.92 Å². The minimum Gasteiger partial charge on any atom is -0.497 e. The van der Waals surface area contributed by atoms with Gasteiger partial charge in [0.15, 0.2) is 0 Å². The van der Waals surface area contributed by atoms with Gasteiger partial charge >= 0.3 is 0 Å². The number of amides is 1. The molecule has 0 aromatic heterocycles. The molecule has 1 amide bonds. The fourth-order valence-electron chi connectivity index (χ4n) is 4.43. The van der Waals surface area contributed by atoms with Crippen molar-refractivity contribution in [2.24, 2.45) is 5.92 Å². The molecule has 0 spiro atoms. The molecule has 2 saturated heterocycles. The summed E-state index contributed by atoms with van der Waals surface area (Å²) >= 11 is 0. The van der Waals surface area contributed by atoms with Crippen molar-refractivity contribution < 1.29 is 9.53 Å². The summed E-state index contributed by atoms with van der Waals surface area (Å²) in [5.74, 6) is 2.06. The van der Waals surface area contributed by atoms with Gasteiger partial charge in [-0.3, -0.25) is 4.79 Å². The number of ether oxygens (including phenoxy) is 1. The molecule has 1 aromatic rings. The zero-order valence-corrected chi connectivity index (χ0v) is 17.2. The Kier molecular flexibility index (Phi) is 7.57. The molecule has 150 valence electrons. The maximum Gasteiger partial charge on any atom is 0.223 e. The Morgan fingerprint density at radius 1 is 1.04 bits per heavy atom. The molecule has 2 heterocycles. The predicted molar refractivity (Wildman–Crippen MR) is 110 cm³/mol. The number of carbonyl (C=O) groups is 1. The first-order chi connectivity index (χ1) is 13.2. The Hall–Kier alpha value is -1.55. The van der Waals surface area contributed by atoms with Gasteiger partial charge in [-0.25, -0.2) is 0 Å². The molecule has 2 fully saturated rings. The standard InChI is InChI=1S/C23H36N2O2/c1-19-13-16-24(17-14-19)18-21-6-4-3-5-15-25(21)23(26)12-9-20-7-10-22(27-2)11-8-20/h7-8,10-11,19,21H,3-6,9,12-18H2,1-2H3. The molecule has 4 heteroatoms. The Balaban J connectivity index is 1.55. The highest BCUT2D eigenvalue weighted by Crippen LogP contribution is 2.22. The van der Waals surface area contributed by atoms with Gasteiger partial charge in [0.25, 0.3) is 0 Å². The lowest BCUT2D eigenvalue weighted by atomic mass is 9.98. The summed E-state index contributed by atoms with van der Waals surface area (Å²) in [6, 6.07) is 8.50. The largest absolute Gasteiger partial charge is 0.497 e. The first-order valence-corrected chi connectivity index (χ1v) is 10.8. The van der Waals surface area contributed by atoms with E-state index in [0.717, 1.165) is 37.6 Å². The minimum atomic E-state index is 0.336. The second-order valence-electron chi connectivity index (χ2n) is 8.42. The van der Waals surface area contributed by atoms with Crippen LogP contribution in [-0.4, -0.2) is 55.0 Å². The number of hydrogen-bond acceptors (Lipinski definition) is 3. The van der Waals surface area contributed by atoms with Crippen LogP contribution in [0.3, 0.4) is 0 Å². The van der Waals surface area contributed by atoms with Crippen LogP contribution in [0.25, 0.3) is 0 Å². The molecule has 27 heavy (non-hydrogen) atoms. The Morgan fingerprint density at radius 2 is 1.78 bits per heavy atom. The van der Waals surface area contributed by atoms with Gasteiger partial charge in [-0.1, -0.05) is 31.9 Å². The van der Waals surface area contributed by atoms with Gasteiger partial charge in [-0.2, -0.15) is 0 Å². The van der Waals surface area contributed by atoms with Gasteiger partial charge in [-0.05, 0) is 68.8 Å². The van der Waals surface area contributed by atoms with Crippen molar-refractivity contribution >= 4 is 5.91 Å². The first-order valence-electron chi connectivity index (χ1n) is 10.8. The lowest BCUT2D eigenvalue weighted by molar-refractivity contribution is -0.134. The molecule has 0 N–H and O–H groups in total. The number of aryl methyl sites for hydroxylation is 1. The third kappa shape index (κ3) is 5.97. The highest BCUT2D eigenvalue weighted by Gasteiger charge is 2.28. The monoisotopic (exact) mass is 372 g/mol. The highest BCUT2D eigenvalue weighted by atomic mass is 16.5. The van der Waals surface area contributed by atoms with Gasteiger partial charge in [0.2, 0.25) is 5.91 Å². The van der Waals surface area contributed by atoms with Crippen LogP contribution in [0.1, 0.15) is 57.4 Å². The number of methoxy groups -OCH3 is 1. The van der Waals surface area contributed by atoms with E-state index in [4.69, 9.17) is 4.74 Å². The zero-order valence-electron chi connectivity index (χ0n) is 17.2. The van der Waals surface area contributed by atoms with Crippen molar-refractivity contribution in [3.8, 4) is 5.75 Å². The Bertz CT molecular complexity index is 579. The number of hydrogen-bond donors (Lipinski definition) is 0. The summed E-state index contributed by atoms with van der Waals surface area (Å²) in [4.78, 5) is 17.8. The average Bonchev–Trinajstić information content (AvgIpc) is 2.94. The summed E-state index contributed by atoms with van der Waals surface area (Å²) in [5, 5.41) is 0. The number of benzene rings is 1. The van der Waals surface area contributed by atoms with E-state index in [1.807, 2.05) is 12.1 Å². The van der Waals surface area contributed by atoms with Gasteiger partial charge in [0.1, 0.15) is 5.75 Å². The molecule has 0 radical (unpaired) electrons. The quantitative estimate of drug-likeness (QED) is 0.753. The smallest absolute Gasteiger partial charge is 0.223 e. The van der Waals surface area contributed by atoms with Crippen molar-refractivity contribution in [1.82, 2.24) is 9.80 Å². The summed E-state index contributed by atoms with van der Waals surface area (Å²) in [5.41, 5.74) is 1.21. The molecule has 0 bridgehead atoms. The molecule has 0 saturated carbocycles. The van der Waals surface area contributed by atoms with Crippen LogP contribution in [0.5, 0.6) is 5.75 Å². The zero-order chi connectivity index (χ0) is 19.1. The maximum absolute atomic E-state index is 13.0. The van der Waals surface area contributed by atoms with E-state index < -0.39 is 0 Å². The molecular weight excluding hydrogens is 336 g/mol. The minimum absolute atomic E-state index is 0.336. The van der Waals surface area contributed by atoms with Crippen LogP contribution in [0.2, 0.25) is 0 Å². The molecule has 4 nitrogen and oxygen atoms in total. The van der Waals surface area contributed by atoms with Gasteiger partial charge in [0, 0.05) is 25.6 Å². The fourth-order valence-corrected chi connectivity index (χ4v) is 4.43.